The normalized spacial score (nSPS) is 13.2. The second kappa shape index (κ2) is 8.68. The Balaban J connectivity index is 1.61. The standard InChI is InChI=1S/C26H23F2N3O2S/c1-14(2)21-16-8-9-29-23(17-12-15(3)13-18(27)22(17)28)24(16)34-25(21)26(32)30-31-10-11-33-20-7-5-4-6-19(20)31/h4-9,12-14H,10-11H2,1-3H3,(H,30,32). The van der Waals surface area contributed by atoms with Crippen LogP contribution in [0.2, 0.25) is 0 Å². The van der Waals surface area contributed by atoms with Gasteiger partial charge in [-0.25, -0.2) is 8.78 Å². The second-order valence-electron chi connectivity index (χ2n) is 8.55. The molecule has 5 rings (SSSR count). The molecule has 0 radical (unpaired) electrons. The molecule has 5 nitrogen and oxygen atoms in total. The van der Waals surface area contributed by atoms with E-state index < -0.39 is 11.6 Å². The third-order valence-corrected chi connectivity index (χ3v) is 7.05. The number of nitrogens with zero attached hydrogens (tertiary/aromatic N) is 2. The molecule has 2 aromatic heterocycles. The maximum atomic E-state index is 14.8. The minimum atomic E-state index is -0.943. The molecule has 1 N–H and O–H groups in total. The van der Waals surface area contributed by atoms with E-state index in [4.69, 9.17) is 4.74 Å². The third kappa shape index (κ3) is 3.77. The van der Waals surface area contributed by atoms with E-state index in [1.807, 2.05) is 44.2 Å². The van der Waals surface area contributed by atoms with E-state index in [2.05, 4.69) is 10.4 Å². The number of benzene rings is 2. The highest BCUT2D eigenvalue weighted by Gasteiger charge is 2.27. The summed E-state index contributed by atoms with van der Waals surface area (Å²) >= 11 is 1.25. The molecular weight excluding hydrogens is 456 g/mol. The minimum absolute atomic E-state index is 0.0285. The first-order valence-electron chi connectivity index (χ1n) is 11.0. The van der Waals surface area contributed by atoms with Crippen LogP contribution in [0.15, 0.2) is 48.7 Å². The number of carbonyl (C=O) groups is 1. The molecule has 4 aromatic rings. The van der Waals surface area contributed by atoms with Crippen molar-refractivity contribution < 1.29 is 18.3 Å². The summed E-state index contributed by atoms with van der Waals surface area (Å²) in [5.41, 5.74) is 5.67. The predicted octanol–water partition coefficient (Wildman–Crippen LogP) is 6.22. The Morgan fingerprint density at radius 2 is 2.00 bits per heavy atom. The number of pyridine rings is 1. The maximum Gasteiger partial charge on any atom is 0.280 e. The molecule has 0 saturated heterocycles. The number of ether oxygens (including phenoxy) is 1. The zero-order valence-corrected chi connectivity index (χ0v) is 19.8. The number of thiophene rings is 1. The second-order valence-corrected chi connectivity index (χ2v) is 9.57. The van der Waals surface area contributed by atoms with Gasteiger partial charge in [-0.15, -0.1) is 11.3 Å². The SMILES string of the molecule is Cc1cc(F)c(F)c(-c2nccc3c(C(C)C)c(C(=O)NN4CCOc5ccccc54)sc23)c1. The Bertz CT molecular complexity index is 1420. The fourth-order valence-corrected chi connectivity index (χ4v) is 5.68. The summed E-state index contributed by atoms with van der Waals surface area (Å²) in [6.07, 6.45) is 1.58. The van der Waals surface area contributed by atoms with E-state index in [9.17, 15) is 13.6 Å². The molecule has 0 saturated carbocycles. The van der Waals surface area contributed by atoms with Gasteiger partial charge < -0.3 is 4.74 Å². The van der Waals surface area contributed by atoms with E-state index in [1.54, 1.807) is 24.2 Å². The number of halogens is 2. The van der Waals surface area contributed by atoms with Crippen molar-refractivity contribution in [1.82, 2.24) is 10.4 Å². The van der Waals surface area contributed by atoms with Crippen LogP contribution in [0.4, 0.5) is 14.5 Å². The summed E-state index contributed by atoms with van der Waals surface area (Å²) in [6.45, 7) is 6.68. The first kappa shape index (κ1) is 22.3. The highest BCUT2D eigenvalue weighted by Crippen LogP contribution is 2.41. The number of nitrogens with one attached hydrogen (secondary N) is 1. The highest BCUT2D eigenvalue weighted by atomic mass is 32.1. The molecule has 0 aliphatic carbocycles. The van der Waals surface area contributed by atoms with Crippen LogP contribution in [0.5, 0.6) is 5.75 Å². The zero-order chi connectivity index (χ0) is 24.0. The molecule has 3 heterocycles. The molecule has 174 valence electrons. The van der Waals surface area contributed by atoms with Gasteiger partial charge >= 0.3 is 0 Å². The van der Waals surface area contributed by atoms with Crippen molar-refractivity contribution >= 4 is 33.0 Å². The van der Waals surface area contributed by atoms with Crippen molar-refractivity contribution in [2.24, 2.45) is 0 Å². The van der Waals surface area contributed by atoms with Gasteiger partial charge in [0.1, 0.15) is 12.4 Å². The third-order valence-electron chi connectivity index (χ3n) is 5.82. The van der Waals surface area contributed by atoms with Crippen LogP contribution < -0.4 is 15.2 Å². The van der Waals surface area contributed by atoms with Crippen molar-refractivity contribution in [2.75, 3.05) is 18.2 Å². The lowest BCUT2D eigenvalue weighted by molar-refractivity contribution is 0.0948. The Labute approximate surface area is 200 Å². The Hall–Kier alpha value is -3.52. The molecule has 2 aromatic carbocycles. The van der Waals surface area contributed by atoms with Crippen molar-refractivity contribution in [2.45, 2.75) is 26.7 Å². The smallest absolute Gasteiger partial charge is 0.280 e. The summed E-state index contributed by atoms with van der Waals surface area (Å²) in [6, 6.07) is 12.1. The van der Waals surface area contributed by atoms with Gasteiger partial charge in [0.15, 0.2) is 11.6 Å². The number of carbonyl (C=O) groups excluding carboxylic acids is 1. The van der Waals surface area contributed by atoms with Crippen LogP contribution in [0, 0.1) is 18.6 Å². The lowest BCUT2D eigenvalue weighted by atomic mass is 9.98. The lowest BCUT2D eigenvalue weighted by Crippen LogP contribution is -2.46. The van der Waals surface area contributed by atoms with Crippen LogP contribution in [0.1, 0.15) is 40.6 Å². The molecule has 0 atom stereocenters. The summed E-state index contributed by atoms with van der Waals surface area (Å²) in [5.74, 6) is -1.39. The number of para-hydroxylation sites is 2. The van der Waals surface area contributed by atoms with Crippen molar-refractivity contribution in [3.63, 3.8) is 0 Å². The first-order chi connectivity index (χ1) is 16.3. The molecule has 0 bridgehead atoms. The molecule has 0 spiro atoms. The molecule has 8 heteroatoms. The maximum absolute atomic E-state index is 14.8. The van der Waals surface area contributed by atoms with E-state index in [1.165, 1.54) is 11.3 Å². The van der Waals surface area contributed by atoms with Crippen LogP contribution in [0.3, 0.4) is 0 Å². The van der Waals surface area contributed by atoms with E-state index in [0.29, 0.717) is 39.7 Å². The average Bonchev–Trinajstić information content (AvgIpc) is 3.22. The van der Waals surface area contributed by atoms with Crippen LogP contribution in [-0.2, 0) is 0 Å². The molecule has 1 aliphatic rings. The van der Waals surface area contributed by atoms with Gasteiger partial charge in [0.25, 0.3) is 5.91 Å². The highest BCUT2D eigenvalue weighted by molar-refractivity contribution is 7.21. The van der Waals surface area contributed by atoms with Gasteiger partial charge in [0, 0.05) is 17.1 Å². The molecule has 0 unspecified atom stereocenters. The Morgan fingerprint density at radius 3 is 2.79 bits per heavy atom. The fraction of sp³-hybridized carbons (Fsp3) is 0.231. The zero-order valence-electron chi connectivity index (χ0n) is 19.0. The number of amides is 1. The van der Waals surface area contributed by atoms with Crippen molar-refractivity contribution in [3.8, 4) is 17.0 Å². The van der Waals surface area contributed by atoms with Gasteiger partial charge in [-0.1, -0.05) is 26.0 Å². The average molecular weight is 480 g/mol. The number of aryl methyl sites for hydroxylation is 1. The van der Waals surface area contributed by atoms with Gasteiger partial charge in [-0.05, 0) is 54.3 Å². The van der Waals surface area contributed by atoms with Crippen LogP contribution in [0.25, 0.3) is 21.3 Å². The van der Waals surface area contributed by atoms with Crippen LogP contribution >= 0.6 is 11.3 Å². The number of rotatable bonds is 4. The molecule has 1 amide bonds. The van der Waals surface area contributed by atoms with Gasteiger partial charge in [0.05, 0.1) is 27.5 Å². The molecular formula is C26H23F2N3O2S. The topological polar surface area (TPSA) is 54.5 Å². The lowest BCUT2D eigenvalue weighted by Gasteiger charge is -2.31. The minimum Gasteiger partial charge on any atom is -0.489 e. The Kier molecular flexibility index (Phi) is 5.69. The summed E-state index contributed by atoms with van der Waals surface area (Å²) in [5, 5.41) is 2.60. The number of aromatic nitrogens is 1. The fourth-order valence-electron chi connectivity index (χ4n) is 4.33. The first-order valence-corrected chi connectivity index (χ1v) is 11.8. The van der Waals surface area contributed by atoms with Gasteiger partial charge in [-0.3, -0.25) is 20.2 Å². The summed E-state index contributed by atoms with van der Waals surface area (Å²) < 4.78 is 35.3. The largest absolute Gasteiger partial charge is 0.489 e. The quantitative estimate of drug-likeness (QED) is 0.378. The van der Waals surface area contributed by atoms with E-state index in [-0.39, 0.29) is 17.4 Å². The van der Waals surface area contributed by atoms with Gasteiger partial charge in [-0.2, -0.15) is 0 Å². The number of hydrogen-bond donors (Lipinski definition) is 1. The number of hydrogen-bond acceptors (Lipinski definition) is 5. The molecule has 0 fully saturated rings. The van der Waals surface area contributed by atoms with Crippen LogP contribution in [-0.4, -0.2) is 24.0 Å². The van der Waals surface area contributed by atoms with E-state index in [0.717, 1.165) is 22.7 Å². The summed E-state index contributed by atoms with van der Waals surface area (Å²) in [4.78, 5) is 18.4. The van der Waals surface area contributed by atoms with Gasteiger partial charge in [0.2, 0.25) is 0 Å². The summed E-state index contributed by atoms with van der Waals surface area (Å²) in [7, 11) is 0. The number of anilines is 1. The predicted molar refractivity (Wildman–Crippen MR) is 131 cm³/mol. The monoisotopic (exact) mass is 479 g/mol. The Morgan fingerprint density at radius 1 is 1.21 bits per heavy atom. The molecule has 1 aliphatic heterocycles. The number of fused-ring (bicyclic) bond motifs is 2. The van der Waals surface area contributed by atoms with Crippen molar-refractivity contribution in [1.29, 1.82) is 0 Å². The molecule has 34 heavy (non-hydrogen) atoms. The number of hydrazine groups is 1. The van der Waals surface area contributed by atoms with Crippen molar-refractivity contribution in [3.05, 3.63) is 76.3 Å². The van der Waals surface area contributed by atoms with E-state index >= 15 is 0 Å².